The van der Waals surface area contributed by atoms with E-state index >= 15 is 0 Å². The van der Waals surface area contributed by atoms with Gasteiger partial charge in [0, 0.05) is 21.7 Å². The van der Waals surface area contributed by atoms with Crippen LogP contribution in [0.1, 0.15) is 39.0 Å². The van der Waals surface area contributed by atoms with Gasteiger partial charge < -0.3 is 13.7 Å². The lowest BCUT2D eigenvalue weighted by Crippen LogP contribution is -2.29. The van der Waals surface area contributed by atoms with Gasteiger partial charge in [0.15, 0.2) is 11.2 Å². The van der Waals surface area contributed by atoms with E-state index in [2.05, 4.69) is 5.16 Å². The van der Waals surface area contributed by atoms with E-state index in [9.17, 15) is 9.59 Å². The molecule has 184 valence electrons. The van der Waals surface area contributed by atoms with Gasteiger partial charge in [-0.2, -0.15) is 0 Å². The summed E-state index contributed by atoms with van der Waals surface area (Å²) in [6.07, 6.45) is 0. The number of fused-ring (bicyclic) bond motifs is 2. The number of amides is 1. The predicted molar refractivity (Wildman–Crippen MR) is 140 cm³/mol. The molecule has 1 amide bonds. The lowest BCUT2D eigenvalue weighted by Gasteiger charge is -2.22. The molecule has 2 aromatic heterocycles. The van der Waals surface area contributed by atoms with Crippen LogP contribution in [0.5, 0.6) is 5.75 Å². The van der Waals surface area contributed by atoms with E-state index in [1.807, 2.05) is 18.2 Å². The maximum atomic E-state index is 13.7. The van der Waals surface area contributed by atoms with Gasteiger partial charge >= 0.3 is 0 Å². The predicted octanol–water partition coefficient (Wildman–Crippen LogP) is 6.73. The van der Waals surface area contributed by atoms with E-state index in [-0.39, 0.29) is 28.2 Å². The molecule has 9 heteroatoms. The van der Waals surface area contributed by atoms with Crippen molar-refractivity contribution in [1.82, 2.24) is 5.16 Å². The van der Waals surface area contributed by atoms with Gasteiger partial charge in [-0.25, -0.2) is 0 Å². The lowest BCUT2D eigenvalue weighted by molar-refractivity contribution is 0.0969. The number of hydrogen-bond acceptors (Lipinski definition) is 6. The first kappa shape index (κ1) is 23.3. The van der Waals surface area contributed by atoms with Crippen LogP contribution < -0.4 is 15.1 Å². The molecule has 3 aromatic carbocycles. The highest BCUT2D eigenvalue weighted by molar-refractivity contribution is 6.31. The molecule has 1 aliphatic rings. The highest BCUT2D eigenvalue weighted by atomic mass is 35.5. The molecule has 0 N–H and O–H groups in total. The van der Waals surface area contributed by atoms with E-state index < -0.39 is 11.9 Å². The smallest absolute Gasteiger partial charge is 0.296 e. The van der Waals surface area contributed by atoms with Gasteiger partial charge in [0.05, 0.1) is 17.0 Å². The Kier molecular flexibility index (Phi) is 5.74. The molecule has 0 spiro atoms. The molecule has 0 unspecified atom stereocenters. The number of ether oxygens (including phenoxy) is 1. The Morgan fingerprint density at radius 1 is 1.00 bits per heavy atom. The van der Waals surface area contributed by atoms with Crippen LogP contribution in [0.15, 0.2) is 86.5 Å². The minimum absolute atomic E-state index is 0.0375. The third-order valence-corrected chi connectivity index (χ3v) is 6.85. The van der Waals surface area contributed by atoms with Crippen molar-refractivity contribution < 1.29 is 18.5 Å². The summed E-state index contributed by atoms with van der Waals surface area (Å²) in [6, 6.07) is 20.2. The average molecular weight is 533 g/mol. The van der Waals surface area contributed by atoms with Crippen molar-refractivity contribution in [1.29, 1.82) is 0 Å². The average Bonchev–Trinajstić information content (AvgIpc) is 3.45. The molecular weight excluding hydrogens is 515 g/mol. The highest BCUT2D eigenvalue weighted by Gasteiger charge is 2.44. The largest absolute Gasteiger partial charge is 0.489 e. The summed E-state index contributed by atoms with van der Waals surface area (Å²) in [5.41, 5.74) is 1.69. The summed E-state index contributed by atoms with van der Waals surface area (Å²) in [6.45, 7) is 2.02. The molecule has 6 rings (SSSR count). The second kappa shape index (κ2) is 9.10. The van der Waals surface area contributed by atoms with E-state index in [0.717, 1.165) is 5.56 Å². The van der Waals surface area contributed by atoms with Crippen LogP contribution in [0.3, 0.4) is 0 Å². The Hall–Kier alpha value is -4.07. The zero-order valence-corrected chi connectivity index (χ0v) is 20.9. The van der Waals surface area contributed by atoms with Gasteiger partial charge in [-0.05, 0) is 48.9 Å². The summed E-state index contributed by atoms with van der Waals surface area (Å²) >= 11 is 12.4. The number of carbonyl (C=O) groups is 1. The minimum atomic E-state index is -0.788. The molecule has 7 nitrogen and oxygen atoms in total. The Balaban J connectivity index is 1.43. The van der Waals surface area contributed by atoms with Gasteiger partial charge in [-0.15, -0.1) is 0 Å². The van der Waals surface area contributed by atoms with Crippen molar-refractivity contribution in [3.63, 3.8) is 0 Å². The van der Waals surface area contributed by atoms with E-state index in [1.165, 1.54) is 4.90 Å². The molecule has 1 aliphatic heterocycles. The van der Waals surface area contributed by atoms with Gasteiger partial charge in [0.25, 0.3) is 5.91 Å². The number of hydrogen-bond donors (Lipinski definition) is 0. The summed E-state index contributed by atoms with van der Waals surface area (Å²) < 4.78 is 17.1. The topological polar surface area (TPSA) is 85.8 Å². The minimum Gasteiger partial charge on any atom is -0.489 e. The molecule has 0 saturated carbocycles. The molecule has 0 saturated heterocycles. The highest BCUT2D eigenvalue weighted by Crippen LogP contribution is 2.41. The van der Waals surface area contributed by atoms with Crippen molar-refractivity contribution in [3.05, 3.63) is 121 Å². The fourth-order valence-electron chi connectivity index (χ4n) is 4.49. The van der Waals surface area contributed by atoms with E-state index in [1.54, 1.807) is 61.5 Å². The van der Waals surface area contributed by atoms with Crippen LogP contribution in [0, 0.1) is 6.92 Å². The van der Waals surface area contributed by atoms with Crippen LogP contribution in [-0.2, 0) is 6.61 Å². The Bertz CT molecular complexity index is 1730. The molecule has 0 fully saturated rings. The van der Waals surface area contributed by atoms with Crippen LogP contribution in [0.2, 0.25) is 10.0 Å². The van der Waals surface area contributed by atoms with Gasteiger partial charge in [-0.1, -0.05) is 58.7 Å². The summed E-state index contributed by atoms with van der Waals surface area (Å²) in [5, 5.41) is 5.35. The van der Waals surface area contributed by atoms with Crippen LogP contribution in [0.4, 0.5) is 5.82 Å². The maximum absolute atomic E-state index is 13.7. The Morgan fingerprint density at radius 2 is 1.78 bits per heavy atom. The number of aromatic nitrogens is 1. The number of halogens is 2. The number of rotatable bonds is 5. The number of carbonyl (C=O) groups excluding carboxylic acids is 1. The number of nitrogens with zero attached hydrogens (tertiary/aromatic N) is 2. The Morgan fingerprint density at radius 3 is 2.51 bits per heavy atom. The molecule has 3 heterocycles. The molecular formula is C28H18Cl2N2O5. The van der Waals surface area contributed by atoms with Crippen molar-refractivity contribution in [3.8, 4) is 5.75 Å². The van der Waals surface area contributed by atoms with Crippen molar-refractivity contribution in [2.75, 3.05) is 4.90 Å². The zero-order chi connectivity index (χ0) is 25.7. The van der Waals surface area contributed by atoms with Gasteiger partial charge in [-0.3, -0.25) is 14.5 Å². The maximum Gasteiger partial charge on any atom is 0.296 e. The van der Waals surface area contributed by atoms with E-state index in [4.69, 9.17) is 36.9 Å². The van der Waals surface area contributed by atoms with Crippen LogP contribution in [-0.4, -0.2) is 11.1 Å². The fraction of sp³-hybridized carbons (Fsp3) is 0.107. The summed E-state index contributed by atoms with van der Waals surface area (Å²) in [5.74, 6) is 0.886. The van der Waals surface area contributed by atoms with Gasteiger partial charge in [0.2, 0.25) is 5.76 Å². The van der Waals surface area contributed by atoms with Crippen molar-refractivity contribution in [2.45, 2.75) is 19.6 Å². The van der Waals surface area contributed by atoms with Crippen molar-refractivity contribution >= 4 is 45.9 Å². The number of anilines is 1. The third kappa shape index (κ3) is 4.06. The first-order valence-corrected chi connectivity index (χ1v) is 12.2. The third-order valence-electron chi connectivity index (χ3n) is 6.24. The summed E-state index contributed by atoms with van der Waals surface area (Å²) in [7, 11) is 0. The Labute approximate surface area is 220 Å². The molecule has 0 radical (unpaired) electrons. The quantitative estimate of drug-likeness (QED) is 0.249. The van der Waals surface area contributed by atoms with Crippen molar-refractivity contribution in [2.24, 2.45) is 0 Å². The fourth-order valence-corrected chi connectivity index (χ4v) is 4.85. The van der Waals surface area contributed by atoms with Gasteiger partial charge in [0.1, 0.15) is 23.7 Å². The molecule has 0 aliphatic carbocycles. The lowest BCUT2D eigenvalue weighted by atomic mass is 9.98. The normalized spacial score (nSPS) is 14.8. The second-order valence-electron chi connectivity index (χ2n) is 8.64. The molecule has 0 bridgehead atoms. The summed E-state index contributed by atoms with van der Waals surface area (Å²) in [4.78, 5) is 28.6. The first-order valence-electron chi connectivity index (χ1n) is 11.4. The van der Waals surface area contributed by atoms with E-state index in [0.29, 0.717) is 39.1 Å². The SMILES string of the molecule is Cc1cc(N2C(=O)c3oc4ccc(Cl)cc4c(=O)c3[C@@H]2c2ccc(OCc3ccccc3Cl)cc2)no1. The zero-order valence-electron chi connectivity index (χ0n) is 19.4. The number of aryl methyl sites for hydroxylation is 1. The molecule has 5 aromatic rings. The first-order chi connectivity index (χ1) is 17.9. The molecule has 1 atom stereocenters. The number of benzene rings is 3. The monoisotopic (exact) mass is 532 g/mol. The second-order valence-corrected chi connectivity index (χ2v) is 9.48. The molecule has 37 heavy (non-hydrogen) atoms. The van der Waals surface area contributed by atoms with Crippen LogP contribution in [0.25, 0.3) is 11.0 Å². The standard InChI is InChI=1S/C28H18Cl2N2O5/c1-15-12-23(31-37-15)32-25(16-6-9-19(10-7-16)35-14-17-4-2-3-5-21(17)30)24-26(33)20-13-18(29)8-11-22(20)36-27(24)28(32)34/h2-13,25H,14H2,1H3/t25-/m0/s1. The van der Waals surface area contributed by atoms with Crippen LogP contribution >= 0.6 is 23.2 Å².